The van der Waals surface area contributed by atoms with Crippen LogP contribution in [-0.2, 0) is 4.79 Å². The van der Waals surface area contributed by atoms with Crippen LogP contribution in [0.15, 0.2) is 91.0 Å². The quantitative estimate of drug-likeness (QED) is 0.565. The van der Waals surface area contributed by atoms with Gasteiger partial charge in [-0.25, -0.2) is 0 Å². The average molecular weight is 357 g/mol. The number of benzene rings is 3. The molecule has 0 bridgehead atoms. The second-order valence-electron chi connectivity index (χ2n) is 6.83. The third kappa shape index (κ3) is 5.07. The van der Waals surface area contributed by atoms with Gasteiger partial charge in [0.2, 0.25) is 5.91 Å². The fourth-order valence-electron chi connectivity index (χ4n) is 3.62. The van der Waals surface area contributed by atoms with Crippen molar-refractivity contribution in [2.75, 3.05) is 6.54 Å². The lowest BCUT2D eigenvalue weighted by Gasteiger charge is -2.20. The molecule has 0 unspecified atom stereocenters. The SMILES string of the molecule is CC[C@H](C(=O)NCCC(c1ccccc1)c1ccccc1)c1ccccc1. The maximum Gasteiger partial charge on any atom is 0.227 e. The topological polar surface area (TPSA) is 29.1 Å². The van der Waals surface area contributed by atoms with Gasteiger partial charge in [-0.15, -0.1) is 0 Å². The summed E-state index contributed by atoms with van der Waals surface area (Å²) >= 11 is 0. The molecule has 3 aromatic rings. The van der Waals surface area contributed by atoms with E-state index in [2.05, 4.69) is 60.8 Å². The molecule has 0 aromatic heterocycles. The first-order chi connectivity index (χ1) is 13.3. The second kappa shape index (κ2) is 9.72. The molecule has 0 saturated heterocycles. The fraction of sp³-hybridized carbons (Fsp3) is 0.240. The molecule has 0 fully saturated rings. The molecule has 27 heavy (non-hydrogen) atoms. The van der Waals surface area contributed by atoms with Crippen LogP contribution < -0.4 is 5.32 Å². The highest BCUT2D eigenvalue weighted by Crippen LogP contribution is 2.27. The molecular formula is C25H27NO. The van der Waals surface area contributed by atoms with Crippen molar-refractivity contribution in [3.8, 4) is 0 Å². The molecule has 3 aromatic carbocycles. The van der Waals surface area contributed by atoms with Crippen LogP contribution in [0.5, 0.6) is 0 Å². The van der Waals surface area contributed by atoms with E-state index < -0.39 is 0 Å². The zero-order chi connectivity index (χ0) is 18.9. The second-order valence-corrected chi connectivity index (χ2v) is 6.83. The lowest BCUT2D eigenvalue weighted by molar-refractivity contribution is -0.122. The number of amides is 1. The summed E-state index contributed by atoms with van der Waals surface area (Å²) in [5, 5.41) is 3.16. The van der Waals surface area contributed by atoms with E-state index in [4.69, 9.17) is 0 Å². The third-order valence-electron chi connectivity index (χ3n) is 5.06. The first kappa shape index (κ1) is 18.9. The van der Waals surface area contributed by atoms with Gasteiger partial charge in [-0.05, 0) is 29.5 Å². The molecular weight excluding hydrogens is 330 g/mol. The predicted octanol–water partition coefficient (Wildman–Crippen LogP) is 5.52. The first-order valence-electron chi connectivity index (χ1n) is 9.72. The van der Waals surface area contributed by atoms with Gasteiger partial charge in [0.05, 0.1) is 5.92 Å². The number of carbonyl (C=O) groups excluding carboxylic acids is 1. The molecule has 1 atom stereocenters. The molecule has 0 aliphatic heterocycles. The molecule has 1 amide bonds. The van der Waals surface area contributed by atoms with Crippen LogP contribution in [0, 0.1) is 0 Å². The van der Waals surface area contributed by atoms with Crippen molar-refractivity contribution in [2.24, 2.45) is 0 Å². The van der Waals surface area contributed by atoms with E-state index in [-0.39, 0.29) is 17.7 Å². The average Bonchev–Trinajstić information content (AvgIpc) is 2.74. The number of hydrogen-bond donors (Lipinski definition) is 1. The van der Waals surface area contributed by atoms with Crippen molar-refractivity contribution >= 4 is 5.91 Å². The molecule has 0 aliphatic carbocycles. The summed E-state index contributed by atoms with van der Waals surface area (Å²) in [6, 6.07) is 31.1. The highest BCUT2D eigenvalue weighted by atomic mass is 16.1. The Morgan fingerprint density at radius 2 is 1.19 bits per heavy atom. The van der Waals surface area contributed by atoms with Crippen LogP contribution >= 0.6 is 0 Å². The monoisotopic (exact) mass is 357 g/mol. The van der Waals surface area contributed by atoms with Crippen molar-refractivity contribution in [3.05, 3.63) is 108 Å². The van der Waals surface area contributed by atoms with Crippen LogP contribution in [-0.4, -0.2) is 12.5 Å². The molecule has 0 aliphatic rings. The maximum atomic E-state index is 12.7. The number of carbonyl (C=O) groups is 1. The van der Waals surface area contributed by atoms with E-state index in [0.717, 1.165) is 18.4 Å². The lowest BCUT2D eigenvalue weighted by Crippen LogP contribution is -2.30. The van der Waals surface area contributed by atoms with Crippen molar-refractivity contribution in [1.29, 1.82) is 0 Å². The first-order valence-corrected chi connectivity index (χ1v) is 9.72. The summed E-state index contributed by atoms with van der Waals surface area (Å²) in [6.45, 7) is 2.73. The Labute approximate surface area is 162 Å². The minimum Gasteiger partial charge on any atom is -0.356 e. The minimum absolute atomic E-state index is 0.0851. The molecule has 1 N–H and O–H groups in total. The highest BCUT2D eigenvalue weighted by Gasteiger charge is 2.19. The predicted molar refractivity (Wildman–Crippen MR) is 112 cm³/mol. The van der Waals surface area contributed by atoms with Crippen molar-refractivity contribution in [1.82, 2.24) is 5.32 Å². The smallest absolute Gasteiger partial charge is 0.227 e. The fourth-order valence-corrected chi connectivity index (χ4v) is 3.62. The maximum absolute atomic E-state index is 12.7. The van der Waals surface area contributed by atoms with E-state index >= 15 is 0 Å². The van der Waals surface area contributed by atoms with Gasteiger partial charge in [-0.1, -0.05) is 97.9 Å². The zero-order valence-electron chi connectivity index (χ0n) is 15.8. The van der Waals surface area contributed by atoms with Crippen molar-refractivity contribution in [2.45, 2.75) is 31.6 Å². The number of rotatable bonds is 8. The summed E-state index contributed by atoms with van der Waals surface area (Å²) in [5.41, 5.74) is 3.65. The normalized spacial score (nSPS) is 11.9. The summed E-state index contributed by atoms with van der Waals surface area (Å²) < 4.78 is 0. The Morgan fingerprint density at radius 1 is 0.741 bits per heavy atom. The van der Waals surface area contributed by atoms with E-state index in [1.54, 1.807) is 0 Å². The molecule has 138 valence electrons. The lowest BCUT2D eigenvalue weighted by atomic mass is 9.88. The Balaban J connectivity index is 1.66. The van der Waals surface area contributed by atoms with Gasteiger partial charge in [0.15, 0.2) is 0 Å². The minimum atomic E-state index is -0.0851. The van der Waals surface area contributed by atoms with Gasteiger partial charge >= 0.3 is 0 Å². The van der Waals surface area contributed by atoms with E-state index in [1.807, 2.05) is 42.5 Å². The van der Waals surface area contributed by atoms with Gasteiger partial charge in [0.1, 0.15) is 0 Å². The molecule has 0 heterocycles. The number of hydrogen-bond acceptors (Lipinski definition) is 1. The van der Waals surface area contributed by atoms with Gasteiger partial charge in [0.25, 0.3) is 0 Å². The molecule has 2 heteroatoms. The summed E-state index contributed by atoms with van der Waals surface area (Å²) in [7, 11) is 0. The summed E-state index contributed by atoms with van der Waals surface area (Å²) in [4.78, 5) is 12.7. The Bertz CT molecular complexity index is 775. The highest BCUT2D eigenvalue weighted by molar-refractivity contribution is 5.83. The summed E-state index contributed by atoms with van der Waals surface area (Å²) in [5.74, 6) is 0.311. The van der Waals surface area contributed by atoms with E-state index in [1.165, 1.54) is 11.1 Å². The number of nitrogens with one attached hydrogen (secondary N) is 1. The largest absolute Gasteiger partial charge is 0.356 e. The Hall–Kier alpha value is -2.87. The molecule has 0 radical (unpaired) electrons. The Kier molecular flexibility index (Phi) is 6.81. The molecule has 0 saturated carbocycles. The van der Waals surface area contributed by atoms with Crippen LogP contribution in [0.4, 0.5) is 0 Å². The zero-order valence-corrected chi connectivity index (χ0v) is 15.8. The van der Waals surface area contributed by atoms with E-state index in [9.17, 15) is 4.79 Å². The molecule has 0 spiro atoms. The summed E-state index contributed by atoms with van der Waals surface area (Å²) in [6.07, 6.45) is 1.68. The van der Waals surface area contributed by atoms with Gasteiger partial charge in [-0.2, -0.15) is 0 Å². The van der Waals surface area contributed by atoms with Crippen molar-refractivity contribution in [3.63, 3.8) is 0 Å². The van der Waals surface area contributed by atoms with E-state index in [0.29, 0.717) is 6.54 Å². The van der Waals surface area contributed by atoms with Crippen LogP contribution in [0.1, 0.15) is 48.3 Å². The Morgan fingerprint density at radius 3 is 1.63 bits per heavy atom. The van der Waals surface area contributed by atoms with Crippen LogP contribution in [0.3, 0.4) is 0 Å². The molecule has 3 rings (SSSR count). The standard InChI is InChI=1S/C25H27NO/c1-2-23(20-12-6-3-7-13-20)25(27)26-19-18-24(21-14-8-4-9-15-21)22-16-10-5-11-17-22/h3-17,23-24H,2,18-19H2,1H3,(H,26,27)/t23-/m0/s1. The van der Waals surface area contributed by atoms with Crippen molar-refractivity contribution < 1.29 is 4.79 Å². The van der Waals surface area contributed by atoms with Gasteiger partial charge < -0.3 is 5.32 Å². The van der Waals surface area contributed by atoms with Crippen LogP contribution in [0.25, 0.3) is 0 Å². The molecule has 2 nitrogen and oxygen atoms in total. The van der Waals surface area contributed by atoms with Crippen LogP contribution in [0.2, 0.25) is 0 Å². The van der Waals surface area contributed by atoms with Gasteiger partial charge in [-0.3, -0.25) is 4.79 Å². The third-order valence-corrected chi connectivity index (χ3v) is 5.06. The van der Waals surface area contributed by atoms with Gasteiger partial charge in [0, 0.05) is 12.5 Å².